The molecule has 13 aromatic rings. The van der Waals surface area contributed by atoms with Gasteiger partial charge in [0.2, 0.25) is 0 Å². The van der Waals surface area contributed by atoms with Crippen LogP contribution in [0, 0.1) is 0 Å². The van der Waals surface area contributed by atoms with Crippen molar-refractivity contribution in [1.82, 2.24) is 19.9 Å². The summed E-state index contributed by atoms with van der Waals surface area (Å²) in [4.78, 5) is 27.3. The SMILES string of the molecule is c1ccc(-c2nc3c(-c4ccc(-c5ccc(N6c7ccccc7Oc7ccccc76)c6nc(-c7ccccc7)c(-c7ccccc7)nc56)cc4)ccc(N4c5ccccc5Oc5ccccc54)c3nc2-c2ccccc2)cc1. The molecule has 0 spiro atoms. The highest BCUT2D eigenvalue weighted by atomic mass is 16.5. The Hall–Kier alpha value is -10.7. The largest absolute Gasteiger partial charge is 0.453 e. The Balaban J connectivity index is 0.946. The van der Waals surface area contributed by atoms with Gasteiger partial charge < -0.3 is 19.3 Å². The lowest BCUT2D eigenvalue weighted by atomic mass is 9.96. The van der Waals surface area contributed by atoms with E-state index < -0.39 is 0 Å². The summed E-state index contributed by atoms with van der Waals surface area (Å²) >= 11 is 0. The van der Waals surface area contributed by atoms with Crippen LogP contribution in [0.5, 0.6) is 23.0 Å². The molecule has 78 heavy (non-hydrogen) atoms. The van der Waals surface area contributed by atoms with Crippen molar-refractivity contribution >= 4 is 56.2 Å². The average Bonchev–Trinajstić information content (AvgIpc) is 3.67. The van der Waals surface area contributed by atoms with Crippen LogP contribution < -0.4 is 19.3 Å². The zero-order valence-electron chi connectivity index (χ0n) is 41.9. The molecule has 0 unspecified atom stereocenters. The molecule has 0 bridgehead atoms. The van der Waals surface area contributed by atoms with Gasteiger partial charge in [0.1, 0.15) is 11.0 Å². The minimum Gasteiger partial charge on any atom is -0.453 e. The van der Waals surface area contributed by atoms with Crippen molar-refractivity contribution < 1.29 is 9.47 Å². The Morgan fingerprint density at radius 2 is 0.462 bits per heavy atom. The Labute approximate surface area is 450 Å². The molecule has 0 aliphatic carbocycles. The molecule has 0 amide bonds. The molecule has 0 atom stereocenters. The highest BCUT2D eigenvalue weighted by molar-refractivity contribution is 6.08. The molecule has 366 valence electrons. The number of ether oxygens (including phenoxy) is 2. The van der Waals surface area contributed by atoms with Gasteiger partial charge in [-0.3, -0.25) is 0 Å². The van der Waals surface area contributed by atoms with Crippen LogP contribution in [0.2, 0.25) is 0 Å². The third-order valence-corrected chi connectivity index (χ3v) is 14.6. The summed E-state index contributed by atoms with van der Waals surface area (Å²) in [6, 6.07) is 91.5. The molecule has 0 saturated carbocycles. The zero-order valence-corrected chi connectivity index (χ0v) is 41.9. The van der Waals surface area contributed by atoms with Crippen molar-refractivity contribution in [3.05, 3.63) is 267 Å². The molecule has 0 N–H and O–H groups in total. The maximum Gasteiger partial charge on any atom is 0.151 e. The second-order valence-electron chi connectivity index (χ2n) is 19.3. The van der Waals surface area contributed by atoms with Crippen molar-refractivity contribution in [2.45, 2.75) is 0 Å². The number of hydrogen-bond donors (Lipinski definition) is 0. The summed E-state index contributed by atoms with van der Waals surface area (Å²) in [6.07, 6.45) is 0. The van der Waals surface area contributed by atoms with Crippen LogP contribution >= 0.6 is 0 Å². The van der Waals surface area contributed by atoms with Gasteiger partial charge in [-0.05, 0) is 83.9 Å². The van der Waals surface area contributed by atoms with Gasteiger partial charge in [-0.1, -0.05) is 194 Å². The topological polar surface area (TPSA) is 76.5 Å². The summed E-state index contributed by atoms with van der Waals surface area (Å²) < 4.78 is 13.0. The fourth-order valence-corrected chi connectivity index (χ4v) is 11.0. The van der Waals surface area contributed by atoms with Crippen LogP contribution in [0.3, 0.4) is 0 Å². The molecular formula is C70H44N6O2. The lowest BCUT2D eigenvalue weighted by molar-refractivity contribution is 0.477. The summed E-state index contributed by atoms with van der Waals surface area (Å²) in [7, 11) is 0. The third-order valence-electron chi connectivity index (χ3n) is 14.6. The van der Waals surface area contributed by atoms with Crippen LogP contribution in [-0.2, 0) is 0 Å². The molecule has 11 aromatic carbocycles. The van der Waals surface area contributed by atoms with Gasteiger partial charge in [0.05, 0.1) is 67.9 Å². The van der Waals surface area contributed by atoms with Gasteiger partial charge >= 0.3 is 0 Å². The van der Waals surface area contributed by atoms with Gasteiger partial charge in [0, 0.05) is 33.4 Å². The fraction of sp³-hybridized carbons (Fsp3) is 0. The number of para-hydroxylation sites is 8. The van der Waals surface area contributed by atoms with Gasteiger partial charge in [-0.25, -0.2) is 19.9 Å². The molecule has 0 saturated heterocycles. The zero-order chi connectivity index (χ0) is 51.5. The number of hydrogen-bond acceptors (Lipinski definition) is 8. The van der Waals surface area contributed by atoms with E-state index in [1.54, 1.807) is 0 Å². The lowest BCUT2D eigenvalue weighted by Crippen LogP contribution is -2.16. The van der Waals surface area contributed by atoms with E-state index in [1.807, 2.05) is 97.1 Å². The number of rotatable bonds is 8. The Kier molecular flexibility index (Phi) is 10.7. The van der Waals surface area contributed by atoms with E-state index in [0.29, 0.717) is 0 Å². The second kappa shape index (κ2) is 18.6. The Bertz CT molecular complexity index is 4060. The van der Waals surface area contributed by atoms with E-state index in [4.69, 9.17) is 29.4 Å². The van der Waals surface area contributed by atoms with E-state index in [0.717, 1.165) is 146 Å². The second-order valence-corrected chi connectivity index (χ2v) is 19.3. The van der Waals surface area contributed by atoms with Crippen LogP contribution in [0.4, 0.5) is 34.1 Å². The average molecular weight is 1000 g/mol. The molecule has 2 aliphatic heterocycles. The lowest BCUT2D eigenvalue weighted by Gasteiger charge is -2.33. The van der Waals surface area contributed by atoms with Gasteiger partial charge in [0.25, 0.3) is 0 Å². The summed E-state index contributed by atoms with van der Waals surface area (Å²) in [6.45, 7) is 0. The number of benzene rings is 11. The standard InChI is InChI=1S/C70H44N6O2/c1-5-21-47(22-6-1)63-65(49-25-9-3-10-26-49)73-69-57(75-53-29-13-17-33-59(53)77-60-34-18-14-30-54(60)75)43-41-51(67(69)71-63)45-37-39-46(40-38-45)52-42-44-58(76-55-31-15-19-35-61(55)78-62-36-20-16-32-56(62)76)70-68(52)72-64(48-23-7-2-8-24-48)66(74-70)50-27-11-4-12-28-50/h1-44H. The molecule has 8 nitrogen and oxygen atoms in total. The monoisotopic (exact) mass is 1000 g/mol. The highest BCUT2D eigenvalue weighted by Gasteiger charge is 2.31. The summed E-state index contributed by atoms with van der Waals surface area (Å²) in [5, 5.41) is 0. The molecule has 15 rings (SSSR count). The highest BCUT2D eigenvalue weighted by Crippen LogP contribution is 2.54. The van der Waals surface area contributed by atoms with E-state index in [9.17, 15) is 0 Å². The third kappa shape index (κ3) is 7.53. The van der Waals surface area contributed by atoms with Crippen LogP contribution in [0.1, 0.15) is 0 Å². The van der Waals surface area contributed by atoms with Crippen molar-refractivity contribution in [3.8, 4) is 90.3 Å². The molecule has 0 fully saturated rings. The first kappa shape index (κ1) is 44.8. The van der Waals surface area contributed by atoms with E-state index in [-0.39, 0.29) is 0 Å². The number of fused-ring (bicyclic) bond motifs is 6. The number of anilines is 6. The number of nitrogens with zero attached hydrogens (tertiary/aromatic N) is 6. The first-order valence-electron chi connectivity index (χ1n) is 26.0. The predicted octanol–water partition coefficient (Wildman–Crippen LogP) is 18.7. The molecular weight excluding hydrogens is 957 g/mol. The van der Waals surface area contributed by atoms with E-state index >= 15 is 0 Å². The normalized spacial score (nSPS) is 12.3. The maximum atomic E-state index is 6.51. The van der Waals surface area contributed by atoms with Gasteiger partial charge in [-0.15, -0.1) is 0 Å². The van der Waals surface area contributed by atoms with Crippen molar-refractivity contribution in [3.63, 3.8) is 0 Å². The first-order valence-corrected chi connectivity index (χ1v) is 26.0. The Morgan fingerprint density at radius 3 is 0.756 bits per heavy atom. The van der Waals surface area contributed by atoms with Crippen LogP contribution in [-0.4, -0.2) is 19.9 Å². The summed E-state index contributed by atoms with van der Waals surface area (Å²) in [5.74, 6) is 3.05. The van der Waals surface area contributed by atoms with Gasteiger partial charge in [-0.2, -0.15) is 0 Å². The minimum atomic E-state index is 0.757. The van der Waals surface area contributed by atoms with Crippen molar-refractivity contribution in [1.29, 1.82) is 0 Å². The maximum absolute atomic E-state index is 6.51. The fourth-order valence-electron chi connectivity index (χ4n) is 11.0. The molecule has 0 radical (unpaired) electrons. The van der Waals surface area contributed by atoms with Crippen LogP contribution in [0.25, 0.3) is 89.4 Å². The van der Waals surface area contributed by atoms with E-state index in [1.165, 1.54) is 0 Å². The summed E-state index contributed by atoms with van der Waals surface area (Å²) in [5.41, 5.74) is 19.5. The molecule has 4 heterocycles. The van der Waals surface area contributed by atoms with Crippen molar-refractivity contribution in [2.24, 2.45) is 0 Å². The van der Waals surface area contributed by atoms with E-state index in [2.05, 4.69) is 180 Å². The first-order chi connectivity index (χ1) is 38.7. The molecule has 2 aliphatic rings. The molecule has 8 heteroatoms. The molecule has 2 aromatic heterocycles. The van der Waals surface area contributed by atoms with Crippen molar-refractivity contribution in [2.75, 3.05) is 9.80 Å². The smallest absolute Gasteiger partial charge is 0.151 e. The quantitative estimate of drug-likeness (QED) is 0.149. The van der Waals surface area contributed by atoms with Crippen LogP contribution in [0.15, 0.2) is 267 Å². The minimum absolute atomic E-state index is 0.757. The van der Waals surface area contributed by atoms with Gasteiger partial charge in [0.15, 0.2) is 23.0 Å². The number of aromatic nitrogens is 4. The predicted molar refractivity (Wildman–Crippen MR) is 315 cm³/mol. The Morgan fingerprint density at radius 1 is 0.205 bits per heavy atom.